The Kier molecular flexibility index (Phi) is 4.62. The first-order chi connectivity index (χ1) is 9.85. The third kappa shape index (κ3) is 3.41. The molecule has 21 heavy (non-hydrogen) atoms. The molecular formula is C13H18N2O5S. The van der Waals surface area contributed by atoms with Crippen LogP contribution in [0, 0.1) is 0 Å². The number of fused-ring (bicyclic) bond motifs is 1. The minimum atomic E-state index is -3.75. The zero-order valence-corrected chi connectivity index (χ0v) is 12.4. The van der Waals surface area contributed by atoms with Gasteiger partial charge in [0, 0.05) is 25.7 Å². The van der Waals surface area contributed by atoms with Crippen molar-refractivity contribution in [3.63, 3.8) is 0 Å². The maximum atomic E-state index is 12.1. The lowest BCUT2D eigenvalue weighted by Crippen LogP contribution is -2.33. The Morgan fingerprint density at radius 3 is 2.81 bits per heavy atom. The molecule has 1 aliphatic rings. The van der Waals surface area contributed by atoms with Crippen LogP contribution in [-0.4, -0.2) is 50.3 Å². The molecule has 116 valence electrons. The number of hydrogen-bond donors (Lipinski definition) is 3. The van der Waals surface area contributed by atoms with Crippen LogP contribution in [0.5, 0.6) is 0 Å². The highest BCUT2D eigenvalue weighted by Crippen LogP contribution is 2.30. The lowest BCUT2D eigenvalue weighted by molar-refractivity contribution is -0.116. The van der Waals surface area contributed by atoms with E-state index in [1.54, 1.807) is 11.0 Å². The SMILES string of the molecule is CC(=O)N1CCc2cc(S(=O)(=O)NCC(O)CO)ccc21. The van der Waals surface area contributed by atoms with E-state index >= 15 is 0 Å². The first kappa shape index (κ1) is 15.9. The van der Waals surface area contributed by atoms with Gasteiger partial charge in [-0.05, 0) is 30.2 Å². The molecule has 7 nitrogen and oxygen atoms in total. The van der Waals surface area contributed by atoms with E-state index in [1.807, 2.05) is 0 Å². The van der Waals surface area contributed by atoms with E-state index in [1.165, 1.54) is 19.1 Å². The Hall–Kier alpha value is -1.48. The van der Waals surface area contributed by atoms with E-state index in [0.29, 0.717) is 13.0 Å². The molecule has 1 aromatic carbocycles. The number of sulfonamides is 1. The molecule has 1 atom stereocenters. The monoisotopic (exact) mass is 314 g/mol. The number of aliphatic hydroxyl groups is 2. The lowest BCUT2D eigenvalue weighted by atomic mass is 10.2. The third-order valence-electron chi connectivity index (χ3n) is 3.36. The van der Waals surface area contributed by atoms with E-state index < -0.39 is 22.7 Å². The summed E-state index contributed by atoms with van der Waals surface area (Å²) in [6.07, 6.45) is -0.528. The largest absolute Gasteiger partial charge is 0.394 e. The first-order valence-corrected chi connectivity index (χ1v) is 8.03. The van der Waals surface area contributed by atoms with Crippen molar-refractivity contribution in [2.24, 2.45) is 0 Å². The molecule has 1 amide bonds. The van der Waals surface area contributed by atoms with Crippen LogP contribution in [-0.2, 0) is 21.2 Å². The van der Waals surface area contributed by atoms with Crippen LogP contribution in [0.2, 0.25) is 0 Å². The number of nitrogens with one attached hydrogen (secondary N) is 1. The average Bonchev–Trinajstić information content (AvgIpc) is 2.87. The number of anilines is 1. The van der Waals surface area contributed by atoms with Crippen molar-refractivity contribution >= 4 is 21.6 Å². The summed E-state index contributed by atoms with van der Waals surface area (Å²) in [5.41, 5.74) is 1.53. The van der Waals surface area contributed by atoms with Gasteiger partial charge in [-0.1, -0.05) is 0 Å². The lowest BCUT2D eigenvalue weighted by Gasteiger charge is -2.15. The third-order valence-corrected chi connectivity index (χ3v) is 4.78. The van der Waals surface area contributed by atoms with Crippen LogP contribution in [0.15, 0.2) is 23.1 Å². The summed E-state index contributed by atoms with van der Waals surface area (Å²) in [7, 11) is -3.75. The van der Waals surface area contributed by atoms with Gasteiger partial charge < -0.3 is 15.1 Å². The van der Waals surface area contributed by atoms with Gasteiger partial charge in [0.05, 0.1) is 17.6 Å². The van der Waals surface area contributed by atoms with Crippen molar-refractivity contribution in [2.45, 2.75) is 24.3 Å². The highest BCUT2D eigenvalue weighted by atomic mass is 32.2. The fourth-order valence-electron chi connectivity index (χ4n) is 2.23. The molecule has 8 heteroatoms. The van der Waals surface area contributed by atoms with Crippen molar-refractivity contribution in [1.29, 1.82) is 0 Å². The Morgan fingerprint density at radius 2 is 2.19 bits per heavy atom. The normalized spacial score (nSPS) is 15.9. The summed E-state index contributed by atoms with van der Waals surface area (Å²) in [5, 5.41) is 17.9. The maximum Gasteiger partial charge on any atom is 0.240 e. The van der Waals surface area contributed by atoms with Gasteiger partial charge in [-0.3, -0.25) is 4.79 Å². The van der Waals surface area contributed by atoms with Gasteiger partial charge in [0.25, 0.3) is 0 Å². The van der Waals surface area contributed by atoms with Crippen LogP contribution >= 0.6 is 0 Å². The second-order valence-electron chi connectivity index (χ2n) is 4.90. The van der Waals surface area contributed by atoms with E-state index in [9.17, 15) is 18.3 Å². The predicted molar refractivity (Wildman–Crippen MR) is 76.5 cm³/mol. The minimum Gasteiger partial charge on any atom is -0.394 e. The molecular weight excluding hydrogens is 296 g/mol. The van der Waals surface area contributed by atoms with Gasteiger partial charge in [-0.25, -0.2) is 13.1 Å². The molecule has 0 saturated carbocycles. The number of benzene rings is 1. The number of amides is 1. The molecule has 0 saturated heterocycles. The standard InChI is InChI=1S/C13H18N2O5S/c1-9(17)15-5-4-10-6-12(2-3-13(10)15)21(19,20)14-7-11(18)8-16/h2-3,6,11,14,16,18H,4-5,7-8H2,1H3. The topological polar surface area (TPSA) is 107 Å². The Balaban J connectivity index is 2.21. The van der Waals surface area contributed by atoms with Gasteiger partial charge in [-0.2, -0.15) is 0 Å². The number of hydrogen-bond acceptors (Lipinski definition) is 5. The highest BCUT2D eigenvalue weighted by molar-refractivity contribution is 7.89. The zero-order chi connectivity index (χ0) is 15.6. The fourth-order valence-corrected chi connectivity index (χ4v) is 3.35. The van der Waals surface area contributed by atoms with Crippen LogP contribution < -0.4 is 9.62 Å². The second kappa shape index (κ2) is 6.10. The van der Waals surface area contributed by atoms with Gasteiger partial charge in [0.1, 0.15) is 0 Å². The number of aliphatic hydroxyl groups excluding tert-OH is 2. The van der Waals surface area contributed by atoms with Crippen molar-refractivity contribution in [2.75, 3.05) is 24.6 Å². The number of carbonyl (C=O) groups excluding carboxylic acids is 1. The fraction of sp³-hybridized carbons (Fsp3) is 0.462. The van der Waals surface area contributed by atoms with E-state index in [4.69, 9.17) is 5.11 Å². The Morgan fingerprint density at radius 1 is 1.48 bits per heavy atom. The van der Waals surface area contributed by atoms with Gasteiger partial charge >= 0.3 is 0 Å². The van der Waals surface area contributed by atoms with Crippen LogP contribution in [0.25, 0.3) is 0 Å². The van der Waals surface area contributed by atoms with Crippen molar-refractivity contribution in [3.05, 3.63) is 23.8 Å². The smallest absolute Gasteiger partial charge is 0.240 e. The highest BCUT2D eigenvalue weighted by Gasteiger charge is 2.24. The Labute approximate surface area is 123 Å². The average molecular weight is 314 g/mol. The summed E-state index contributed by atoms with van der Waals surface area (Å²) >= 11 is 0. The van der Waals surface area contributed by atoms with Crippen LogP contribution in [0.3, 0.4) is 0 Å². The molecule has 0 aliphatic carbocycles. The number of nitrogens with zero attached hydrogens (tertiary/aromatic N) is 1. The van der Waals surface area contributed by atoms with Crippen LogP contribution in [0.4, 0.5) is 5.69 Å². The molecule has 2 rings (SSSR count). The van der Waals surface area contributed by atoms with Gasteiger partial charge in [-0.15, -0.1) is 0 Å². The molecule has 1 heterocycles. The summed E-state index contributed by atoms with van der Waals surface area (Å²) in [5.74, 6) is -0.0754. The number of carbonyl (C=O) groups is 1. The van der Waals surface area contributed by atoms with Crippen molar-refractivity contribution < 1.29 is 23.4 Å². The van der Waals surface area contributed by atoms with E-state index in [2.05, 4.69) is 4.72 Å². The van der Waals surface area contributed by atoms with Crippen LogP contribution in [0.1, 0.15) is 12.5 Å². The molecule has 0 radical (unpaired) electrons. The molecule has 1 aromatic rings. The first-order valence-electron chi connectivity index (χ1n) is 6.55. The van der Waals surface area contributed by atoms with Gasteiger partial charge in [0.15, 0.2) is 0 Å². The van der Waals surface area contributed by atoms with E-state index in [0.717, 1.165) is 11.3 Å². The predicted octanol–water partition coefficient (Wildman–Crippen LogP) is -0.773. The zero-order valence-electron chi connectivity index (χ0n) is 11.6. The second-order valence-corrected chi connectivity index (χ2v) is 6.67. The number of rotatable bonds is 5. The molecule has 0 bridgehead atoms. The van der Waals surface area contributed by atoms with Crippen molar-refractivity contribution in [3.8, 4) is 0 Å². The molecule has 1 aliphatic heterocycles. The van der Waals surface area contributed by atoms with E-state index in [-0.39, 0.29) is 17.3 Å². The summed E-state index contributed by atoms with van der Waals surface area (Å²) in [4.78, 5) is 13.1. The summed E-state index contributed by atoms with van der Waals surface area (Å²) in [6.45, 7) is 1.25. The quantitative estimate of drug-likeness (QED) is 0.661. The van der Waals surface area contributed by atoms with Gasteiger partial charge in [0.2, 0.25) is 15.9 Å². The van der Waals surface area contributed by atoms with Crippen molar-refractivity contribution in [1.82, 2.24) is 4.72 Å². The maximum absolute atomic E-state index is 12.1. The molecule has 1 unspecified atom stereocenters. The minimum absolute atomic E-state index is 0.0754. The molecule has 3 N–H and O–H groups in total. The molecule has 0 spiro atoms. The summed E-state index contributed by atoms with van der Waals surface area (Å²) < 4.78 is 26.4. The summed E-state index contributed by atoms with van der Waals surface area (Å²) in [6, 6.07) is 4.57. The molecule has 0 aromatic heterocycles. The Bertz CT molecular complexity index is 644. The molecule has 0 fully saturated rings.